The number of hydrogen-bond donors (Lipinski definition) is 1. The average molecular weight is 227 g/mol. The lowest BCUT2D eigenvalue weighted by atomic mass is 9.84. The summed E-state index contributed by atoms with van der Waals surface area (Å²) in [6.45, 7) is 10.1. The van der Waals surface area contributed by atoms with E-state index in [4.69, 9.17) is 4.74 Å². The largest absolute Gasteiger partial charge is 0.380 e. The minimum Gasteiger partial charge on any atom is -0.380 e. The zero-order valence-corrected chi connectivity index (χ0v) is 11.7. The molecule has 0 radical (unpaired) electrons. The molecule has 0 aromatic carbocycles. The molecule has 1 aliphatic carbocycles. The van der Waals surface area contributed by atoms with Gasteiger partial charge in [0.1, 0.15) is 0 Å². The van der Waals surface area contributed by atoms with Crippen molar-refractivity contribution in [2.75, 3.05) is 13.7 Å². The molecule has 16 heavy (non-hydrogen) atoms. The Morgan fingerprint density at radius 1 is 1.25 bits per heavy atom. The molecule has 0 heterocycles. The monoisotopic (exact) mass is 227 g/mol. The third-order valence-corrected chi connectivity index (χ3v) is 3.93. The summed E-state index contributed by atoms with van der Waals surface area (Å²) in [5, 5.41) is 3.70. The van der Waals surface area contributed by atoms with Crippen molar-refractivity contribution in [1.29, 1.82) is 0 Å². The second-order valence-electron chi connectivity index (χ2n) is 6.37. The minimum absolute atomic E-state index is 0.222. The molecule has 0 aliphatic heterocycles. The topological polar surface area (TPSA) is 21.3 Å². The average Bonchev–Trinajstić information content (AvgIpc) is 2.19. The van der Waals surface area contributed by atoms with Crippen molar-refractivity contribution < 1.29 is 4.74 Å². The maximum Gasteiger partial charge on any atom is 0.0743 e. The summed E-state index contributed by atoms with van der Waals surface area (Å²) in [7, 11) is 1.82. The van der Waals surface area contributed by atoms with Crippen molar-refractivity contribution in [2.24, 2.45) is 11.3 Å². The fourth-order valence-corrected chi connectivity index (χ4v) is 2.62. The van der Waals surface area contributed by atoms with E-state index in [1.807, 2.05) is 7.11 Å². The third-order valence-electron chi connectivity index (χ3n) is 3.93. The fraction of sp³-hybridized carbons (Fsp3) is 1.00. The minimum atomic E-state index is 0.222. The molecule has 96 valence electrons. The highest BCUT2D eigenvalue weighted by atomic mass is 16.5. The summed E-state index contributed by atoms with van der Waals surface area (Å²) in [4.78, 5) is 0. The van der Waals surface area contributed by atoms with Gasteiger partial charge in [-0.1, -0.05) is 40.5 Å². The van der Waals surface area contributed by atoms with Gasteiger partial charge in [-0.2, -0.15) is 0 Å². The molecule has 1 N–H and O–H groups in total. The Bertz CT molecular complexity index is 197. The number of methoxy groups -OCH3 is 1. The summed E-state index contributed by atoms with van der Waals surface area (Å²) < 4.78 is 5.58. The van der Waals surface area contributed by atoms with Gasteiger partial charge in [-0.3, -0.25) is 0 Å². The van der Waals surface area contributed by atoms with E-state index in [0.717, 1.165) is 12.5 Å². The SMILES string of the molecule is COC(CNC1CCCCC1C)C(C)(C)C. The molecular weight excluding hydrogens is 198 g/mol. The lowest BCUT2D eigenvalue weighted by Gasteiger charge is -2.34. The Kier molecular flexibility index (Phi) is 5.26. The Labute approximate surface area is 101 Å². The second-order valence-corrected chi connectivity index (χ2v) is 6.37. The van der Waals surface area contributed by atoms with Crippen molar-refractivity contribution in [1.82, 2.24) is 5.32 Å². The molecule has 2 heteroatoms. The van der Waals surface area contributed by atoms with Crippen LogP contribution in [0.1, 0.15) is 53.4 Å². The molecule has 3 atom stereocenters. The Morgan fingerprint density at radius 3 is 2.38 bits per heavy atom. The predicted octanol–water partition coefficient (Wildman–Crippen LogP) is 3.22. The Morgan fingerprint density at radius 2 is 1.88 bits per heavy atom. The smallest absolute Gasteiger partial charge is 0.0743 e. The van der Waals surface area contributed by atoms with Gasteiger partial charge in [-0.15, -0.1) is 0 Å². The van der Waals surface area contributed by atoms with Gasteiger partial charge in [0.25, 0.3) is 0 Å². The van der Waals surface area contributed by atoms with Crippen molar-refractivity contribution in [2.45, 2.75) is 65.5 Å². The van der Waals surface area contributed by atoms with E-state index in [0.29, 0.717) is 12.1 Å². The maximum atomic E-state index is 5.58. The maximum absolute atomic E-state index is 5.58. The molecule has 3 unspecified atom stereocenters. The fourth-order valence-electron chi connectivity index (χ4n) is 2.62. The van der Waals surface area contributed by atoms with Crippen LogP contribution >= 0.6 is 0 Å². The van der Waals surface area contributed by atoms with Crippen molar-refractivity contribution in [3.8, 4) is 0 Å². The summed E-state index contributed by atoms with van der Waals surface area (Å²) in [6.07, 6.45) is 5.82. The van der Waals surface area contributed by atoms with Crippen LogP contribution in [0.25, 0.3) is 0 Å². The number of ether oxygens (including phenoxy) is 1. The van der Waals surface area contributed by atoms with E-state index in [1.165, 1.54) is 25.7 Å². The summed E-state index contributed by atoms with van der Waals surface area (Å²) >= 11 is 0. The van der Waals surface area contributed by atoms with Gasteiger partial charge in [-0.25, -0.2) is 0 Å². The summed E-state index contributed by atoms with van der Waals surface area (Å²) in [5.41, 5.74) is 0.222. The van der Waals surface area contributed by atoms with Gasteiger partial charge in [0, 0.05) is 19.7 Å². The van der Waals surface area contributed by atoms with Gasteiger partial charge in [0.05, 0.1) is 6.10 Å². The quantitative estimate of drug-likeness (QED) is 0.796. The molecule has 1 rings (SSSR count). The number of rotatable bonds is 4. The Hall–Kier alpha value is -0.0800. The molecule has 2 nitrogen and oxygen atoms in total. The van der Waals surface area contributed by atoms with E-state index in [1.54, 1.807) is 0 Å². The van der Waals surface area contributed by atoms with Crippen LogP contribution in [0.15, 0.2) is 0 Å². The van der Waals surface area contributed by atoms with Crippen LogP contribution in [0.5, 0.6) is 0 Å². The van der Waals surface area contributed by atoms with Gasteiger partial charge >= 0.3 is 0 Å². The van der Waals surface area contributed by atoms with E-state index in [-0.39, 0.29) is 5.41 Å². The first-order valence-electron chi connectivity index (χ1n) is 6.71. The lowest BCUT2D eigenvalue weighted by molar-refractivity contribution is 0.0134. The zero-order chi connectivity index (χ0) is 12.2. The summed E-state index contributed by atoms with van der Waals surface area (Å²) in [5.74, 6) is 0.825. The summed E-state index contributed by atoms with van der Waals surface area (Å²) in [6, 6.07) is 0.703. The first-order valence-corrected chi connectivity index (χ1v) is 6.71. The van der Waals surface area contributed by atoms with Crippen LogP contribution in [-0.4, -0.2) is 25.8 Å². The van der Waals surface area contributed by atoms with Crippen molar-refractivity contribution >= 4 is 0 Å². The van der Waals surface area contributed by atoms with E-state index < -0.39 is 0 Å². The van der Waals surface area contributed by atoms with Crippen LogP contribution in [-0.2, 0) is 4.74 Å². The van der Waals surface area contributed by atoms with Crippen LogP contribution in [0.3, 0.4) is 0 Å². The second kappa shape index (κ2) is 6.02. The third kappa shape index (κ3) is 4.06. The first-order chi connectivity index (χ1) is 7.45. The number of hydrogen-bond acceptors (Lipinski definition) is 2. The molecule has 0 saturated heterocycles. The van der Waals surface area contributed by atoms with Gasteiger partial charge in [0.2, 0.25) is 0 Å². The van der Waals surface area contributed by atoms with Gasteiger partial charge < -0.3 is 10.1 Å². The van der Waals surface area contributed by atoms with Crippen LogP contribution in [0.2, 0.25) is 0 Å². The van der Waals surface area contributed by atoms with Crippen LogP contribution < -0.4 is 5.32 Å². The van der Waals surface area contributed by atoms with Crippen molar-refractivity contribution in [3.63, 3.8) is 0 Å². The van der Waals surface area contributed by atoms with Crippen LogP contribution in [0, 0.1) is 11.3 Å². The first kappa shape index (κ1) is 14.0. The highest BCUT2D eigenvalue weighted by Crippen LogP contribution is 2.25. The highest BCUT2D eigenvalue weighted by Gasteiger charge is 2.27. The van der Waals surface area contributed by atoms with Gasteiger partial charge in [-0.05, 0) is 24.2 Å². The molecule has 0 aromatic heterocycles. The van der Waals surface area contributed by atoms with Crippen LogP contribution in [0.4, 0.5) is 0 Å². The zero-order valence-electron chi connectivity index (χ0n) is 11.7. The molecule has 0 amide bonds. The van der Waals surface area contributed by atoms with E-state index >= 15 is 0 Å². The highest BCUT2D eigenvalue weighted by molar-refractivity contribution is 4.82. The molecule has 1 saturated carbocycles. The van der Waals surface area contributed by atoms with E-state index in [2.05, 4.69) is 33.0 Å². The molecule has 1 aliphatic rings. The normalized spacial score (nSPS) is 29.1. The molecule has 0 spiro atoms. The molecule has 0 bridgehead atoms. The van der Waals surface area contributed by atoms with Crippen molar-refractivity contribution in [3.05, 3.63) is 0 Å². The van der Waals surface area contributed by atoms with Gasteiger partial charge in [0.15, 0.2) is 0 Å². The predicted molar refractivity (Wildman–Crippen MR) is 69.7 cm³/mol. The molecule has 1 fully saturated rings. The standard InChI is InChI=1S/C14H29NO/c1-11-8-6-7-9-12(11)15-10-13(16-5)14(2,3)4/h11-13,15H,6-10H2,1-5H3. The van der Waals surface area contributed by atoms with E-state index in [9.17, 15) is 0 Å². The Balaban J connectivity index is 2.37. The molecular formula is C14H29NO. The molecule has 0 aromatic rings. The lowest BCUT2D eigenvalue weighted by Crippen LogP contribution is -2.45. The number of nitrogens with one attached hydrogen (secondary N) is 1.